The Kier molecular flexibility index (Phi) is 1.97. The van der Waals surface area contributed by atoms with E-state index < -0.39 is 0 Å². The molecule has 0 aromatic heterocycles. The smallest absolute Gasteiger partial charge is 0.0605 e. The Morgan fingerprint density at radius 2 is 2.08 bits per heavy atom. The van der Waals surface area contributed by atoms with Crippen LogP contribution in [-0.4, -0.2) is 22.9 Å². The van der Waals surface area contributed by atoms with Crippen LogP contribution in [0.5, 0.6) is 0 Å². The van der Waals surface area contributed by atoms with Crippen LogP contribution in [0.1, 0.15) is 39.5 Å². The fraction of sp³-hybridized carbons (Fsp3) is 1.00. The lowest BCUT2D eigenvalue weighted by molar-refractivity contribution is -0.0213. The van der Waals surface area contributed by atoms with Crippen molar-refractivity contribution in [2.24, 2.45) is 16.7 Å². The van der Waals surface area contributed by atoms with E-state index in [0.29, 0.717) is 5.92 Å². The molecule has 0 aromatic carbocycles. The zero-order valence-corrected chi connectivity index (χ0v) is 8.58. The highest BCUT2D eigenvalue weighted by Crippen LogP contribution is 2.66. The standard InChI is InChI=1S/C11H20O2/c1-10(2)8-3-4-11(10,5-6-12)9(13)7-8/h8-9,12-13H,3-7H2,1-2H3. The minimum absolute atomic E-state index is 0.0203. The van der Waals surface area contributed by atoms with Crippen LogP contribution in [0.4, 0.5) is 0 Å². The molecule has 2 aliphatic carbocycles. The Morgan fingerprint density at radius 1 is 1.38 bits per heavy atom. The van der Waals surface area contributed by atoms with E-state index in [1.165, 1.54) is 6.42 Å². The Hall–Kier alpha value is -0.0800. The van der Waals surface area contributed by atoms with Gasteiger partial charge in [0, 0.05) is 12.0 Å². The fourth-order valence-corrected chi connectivity index (χ4v) is 3.84. The predicted octanol–water partition coefficient (Wildman–Crippen LogP) is 1.56. The quantitative estimate of drug-likeness (QED) is 0.683. The molecule has 76 valence electrons. The van der Waals surface area contributed by atoms with Crippen LogP contribution in [0.2, 0.25) is 0 Å². The third-order valence-corrected chi connectivity index (χ3v) is 4.95. The lowest BCUT2D eigenvalue weighted by atomic mass is 9.66. The first-order chi connectivity index (χ1) is 6.04. The summed E-state index contributed by atoms with van der Waals surface area (Å²) in [6.07, 6.45) is 3.90. The molecule has 2 bridgehead atoms. The van der Waals surface area contributed by atoms with E-state index in [4.69, 9.17) is 5.11 Å². The molecule has 0 radical (unpaired) electrons. The molecule has 2 saturated carbocycles. The van der Waals surface area contributed by atoms with Gasteiger partial charge in [-0.3, -0.25) is 0 Å². The van der Waals surface area contributed by atoms with Crippen LogP contribution in [0.3, 0.4) is 0 Å². The average Bonchev–Trinajstić information content (AvgIpc) is 2.38. The predicted molar refractivity (Wildman–Crippen MR) is 51.3 cm³/mol. The lowest BCUT2D eigenvalue weighted by Gasteiger charge is -2.40. The van der Waals surface area contributed by atoms with Crippen molar-refractivity contribution in [3.8, 4) is 0 Å². The Labute approximate surface area is 80.0 Å². The molecule has 2 heteroatoms. The van der Waals surface area contributed by atoms with Crippen molar-refractivity contribution in [3.05, 3.63) is 0 Å². The average molecular weight is 184 g/mol. The van der Waals surface area contributed by atoms with E-state index in [0.717, 1.165) is 19.3 Å². The van der Waals surface area contributed by atoms with Crippen molar-refractivity contribution in [2.75, 3.05) is 6.61 Å². The maximum Gasteiger partial charge on any atom is 0.0605 e. The van der Waals surface area contributed by atoms with Gasteiger partial charge in [-0.05, 0) is 37.0 Å². The van der Waals surface area contributed by atoms with Crippen LogP contribution in [0.25, 0.3) is 0 Å². The van der Waals surface area contributed by atoms with Gasteiger partial charge in [-0.15, -0.1) is 0 Å². The normalized spacial score (nSPS) is 47.1. The van der Waals surface area contributed by atoms with E-state index in [1.807, 2.05) is 0 Å². The number of hydrogen-bond acceptors (Lipinski definition) is 2. The Balaban J connectivity index is 2.31. The highest BCUT2D eigenvalue weighted by molar-refractivity contribution is 5.12. The number of aliphatic hydroxyl groups is 2. The maximum atomic E-state index is 10.0. The molecule has 0 saturated heterocycles. The monoisotopic (exact) mass is 184 g/mol. The fourth-order valence-electron chi connectivity index (χ4n) is 3.84. The molecule has 13 heavy (non-hydrogen) atoms. The van der Waals surface area contributed by atoms with Crippen LogP contribution < -0.4 is 0 Å². The molecular weight excluding hydrogens is 164 g/mol. The third-order valence-electron chi connectivity index (χ3n) is 4.95. The molecule has 3 unspecified atom stereocenters. The van der Waals surface area contributed by atoms with Gasteiger partial charge in [0.2, 0.25) is 0 Å². The number of hydrogen-bond donors (Lipinski definition) is 2. The first kappa shape index (κ1) is 9.47. The Morgan fingerprint density at radius 3 is 2.46 bits per heavy atom. The molecule has 2 aliphatic rings. The van der Waals surface area contributed by atoms with Gasteiger partial charge >= 0.3 is 0 Å². The molecule has 0 heterocycles. The number of aliphatic hydroxyl groups excluding tert-OH is 2. The highest BCUT2D eigenvalue weighted by atomic mass is 16.3. The first-order valence-electron chi connectivity index (χ1n) is 5.33. The zero-order valence-electron chi connectivity index (χ0n) is 8.58. The molecule has 3 atom stereocenters. The van der Waals surface area contributed by atoms with Crippen molar-refractivity contribution in [3.63, 3.8) is 0 Å². The van der Waals surface area contributed by atoms with E-state index in [-0.39, 0.29) is 23.5 Å². The van der Waals surface area contributed by atoms with Crippen LogP contribution in [0, 0.1) is 16.7 Å². The van der Waals surface area contributed by atoms with Gasteiger partial charge in [0.1, 0.15) is 0 Å². The molecule has 2 rings (SSSR count). The molecule has 0 aliphatic heterocycles. The van der Waals surface area contributed by atoms with E-state index >= 15 is 0 Å². The second kappa shape index (κ2) is 2.71. The molecule has 2 nitrogen and oxygen atoms in total. The topological polar surface area (TPSA) is 40.5 Å². The first-order valence-corrected chi connectivity index (χ1v) is 5.33. The molecule has 0 amide bonds. The zero-order chi connectivity index (χ0) is 9.69. The Bertz CT molecular complexity index is 212. The summed E-state index contributed by atoms with van der Waals surface area (Å²) in [6, 6.07) is 0. The van der Waals surface area contributed by atoms with Gasteiger partial charge in [-0.2, -0.15) is 0 Å². The van der Waals surface area contributed by atoms with Gasteiger partial charge < -0.3 is 10.2 Å². The van der Waals surface area contributed by atoms with Crippen molar-refractivity contribution < 1.29 is 10.2 Å². The van der Waals surface area contributed by atoms with Gasteiger partial charge in [0.25, 0.3) is 0 Å². The van der Waals surface area contributed by atoms with Crippen molar-refractivity contribution in [1.29, 1.82) is 0 Å². The second-order valence-corrected chi connectivity index (χ2v) is 5.34. The van der Waals surface area contributed by atoms with Crippen molar-refractivity contribution >= 4 is 0 Å². The van der Waals surface area contributed by atoms with Crippen molar-refractivity contribution in [2.45, 2.75) is 45.6 Å². The van der Waals surface area contributed by atoms with E-state index in [9.17, 15) is 5.11 Å². The summed E-state index contributed by atoms with van der Waals surface area (Å²) in [5, 5.41) is 19.1. The van der Waals surface area contributed by atoms with Gasteiger partial charge in [0.15, 0.2) is 0 Å². The van der Waals surface area contributed by atoms with Crippen LogP contribution in [-0.2, 0) is 0 Å². The summed E-state index contributed by atoms with van der Waals surface area (Å²) in [5.41, 5.74) is 0.252. The van der Waals surface area contributed by atoms with Crippen LogP contribution >= 0.6 is 0 Å². The highest BCUT2D eigenvalue weighted by Gasteiger charge is 2.62. The summed E-state index contributed by atoms with van der Waals surface area (Å²) in [4.78, 5) is 0. The largest absolute Gasteiger partial charge is 0.396 e. The maximum absolute atomic E-state index is 10.0. The van der Waals surface area contributed by atoms with Crippen molar-refractivity contribution in [1.82, 2.24) is 0 Å². The molecule has 2 fully saturated rings. The van der Waals surface area contributed by atoms with E-state index in [1.54, 1.807) is 0 Å². The summed E-state index contributed by atoms with van der Waals surface area (Å²) in [5.74, 6) is 0.675. The van der Waals surface area contributed by atoms with Gasteiger partial charge in [0.05, 0.1) is 6.10 Å². The molecular formula is C11H20O2. The third kappa shape index (κ3) is 0.962. The number of fused-ring (bicyclic) bond motifs is 2. The molecule has 0 spiro atoms. The summed E-state index contributed by atoms with van der Waals surface area (Å²) < 4.78 is 0. The lowest BCUT2D eigenvalue weighted by Crippen LogP contribution is -2.39. The second-order valence-electron chi connectivity index (χ2n) is 5.34. The molecule has 2 N–H and O–H groups in total. The molecule has 0 aromatic rings. The minimum Gasteiger partial charge on any atom is -0.396 e. The van der Waals surface area contributed by atoms with Gasteiger partial charge in [-0.1, -0.05) is 13.8 Å². The van der Waals surface area contributed by atoms with Gasteiger partial charge in [-0.25, -0.2) is 0 Å². The SMILES string of the molecule is CC1(C)C2CCC1(CCO)C(O)C2. The summed E-state index contributed by atoms with van der Waals surface area (Å²) in [6.45, 7) is 4.74. The minimum atomic E-state index is -0.173. The number of rotatable bonds is 2. The summed E-state index contributed by atoms with van der Waals surface area (Å²) in [7, 11) is 0. The summed E-state index contributed by atoms with van der Waals surface area (Å²) >= 11 is 0. The van der Waals surface area contributed by atoms with E-state index in [2.05, 4.69) is 13.8 Å². The van der Waals surface area contributed by atoms with Crippen LogP contribution in [0.15, 0.2) is 0 Å².